The molecule has 1 saturated heterocycles. The number of nitrogens with one attached hydrogen (secondary N) is 1. The average Bonchev–Trinajstić information content (AvgIpc) is 3.25. The zero-order chi connectivity index (χ0) is 24.9. The molecule has 0 atom stereocenters. The third-order valence-corrected chi connectivity index (χ3v) is 6.32. The summed E-state index contributed by atoms with van der Waals surface area (Å²) in [6.45, 7) is 4.43. The molecule has 1 amide bonds. The summed E-state index contributed by atoms with van der Waals surface area (Å²) in [5.41, 5.74) is 6.24. The molecule has 1 N–H and O–H groups in total. The van der Waals surface area contributed by atoms with Crippen LogP contribution in [0.5, 0.6) is 11.5 Å². The quantitative estimate of drug-likeness (QED) is 0.297. The number of methoxy groups -OCH3 is 1. The van der Waals surface area contributed by atoms with Gasteiger partial charge in [0.25, 0.3) is 11.9 Å². The highest BCUT2D eigenvalue weighted by Gasteiger charge is 2.18. The molecule has 2 aromatic carbocycles. The number of aryl methyl sites for hydroxylation is 1. The first-order chi connectivity index (χ1) is 17.7. The summed E-state index contributed by atoms with van der Waals surface area (Å²) >= 11 is 0. The highest BCUT2D eigenvalue weighted by Crippen LogP contribution is 2.28. The molecule has 1 aliphatic heterocycles. The van der Waals surface area contributed by atoms with E-state index in [0.29, 0.717) is 17.4 Å². The third kappa shape index (κ3) is 4.79. The van der Waals surface area contributed by atoms with Crippen LogP contribution in [0.3, 0.4) is 0 Å². The third-order valence-electron chi connectivity index (χ3n) is 6.32. The van der Waals surface area contributed by atoms with Crippen molar-refractivity contribution in [2.75, 3.05) is 32.2 Å². The van der Waals surface area contributed by atoms with E-state index in [0.717, 1.165) is 60.1 Å². The van der Waals surface area contributed by atoms with Gasteiger partial charge in [-0.25, -0.2) is 5.43 Å². The van der Waals surface area contributed by atoms with Crippen LogP contribution in [0.1, 0.15) is 31.7 Å². The molecule has 3 heterocycles. The minimum atomic E-state index is -0.00728. The lowest BCUT2D eigenvalue weighted by atomic mass is 10.1. The first kappa shape index (κ1) is 23.5. The van der Waals surface area contributed by atoms with Crippen molar-refractivity contribution >= 4 is 40.1 Å². The number of benzene rings is 2. The number of carbonyl (C=O) groups excluding carboxylic acids is 1. The van der Waals surface area contributed by atoms with Crippen LogP contribution in [0.25, 0.3) is 22.1 Å². The van der Waals surface area contributed by atoms with Gasteiger partial charge < -0.3 is 18.9 Å². The van der Waals surface area contributed by atoms with Gasteiger partial charge in [-0.1, -0.05) is 18.2 Å². The first-order valence-corrected chi connectivity index (χ1v) is 12.2. The van der Waals surface area contributed by atoms with Crippen LogP contribution in [0.15, 0.2) is 47.6 Å². The Bertz CT molecular complexity index is 1410. The summed E-state index contributed by atoms with van der Waals surface area (Å²) < 4.78 is 13.3. The van der Waals surface area contributed by atoms with Gasteiger partial charge in [-0.3, -0.25) is 4.79 Å². The monoisotopic (exact) mass is 487 g/mol. The van der Waals surface area contributed by atoms with E-state index in [2.05, 4.69) is 43.3 Å². The average molecular weight is 488 g/mol. The maximum atomic E-state index is 12.4. The summed E-state index contributed by atoms with van der Waals surface area (Å²) in [7, 11) is 1.56. The molecule has 5 rings (SSSR count). The van der Waals surface area contributed by atoms with Crippen LogP contribution >= 0.6 is 0 Å². The Labute approximate surface area is 208 Å². The Morgan fingerprint density at radius 1 is 1.11 bits per heavy atom. The van der Waals surface area contributed by atoms with Gasteiger partial charge in [0.2, 0.25) is 0 Å². The topological polar surface area (TPSA) is 107 Å². The van der Waals surface area contributed by atoms with E-state index in [9.17, 15) is 4.79 Å². The number of nitrogens with zero attached hydrogens (tertiary/aromatic N) is 6. The van der Waals surface area contributed by atoms with Gasteiger partial charge in [0.1, 0.15) is 5.52 Å². The molecule has 0 unspecified atom stereocenters. The van der Waals surface area contributed by atoms with Gasteiger partial charge in [0, 0.05) is 25.0 Å². The molecule has 0 saturated carbocycles. The number of piperidine rings is 1. The van der Waals surface area contributed by atoms with E-state index in [1.807, 2.05) is 29.2 Å². The number of ether oxygens (including phenoxy) is 2. The van der Waals surface area contributed by atoms with Crippen molar-refractivity contribution in [3.05, 3.63) is 48.0 Å². The van der Waals surface area contributed by atoms with Crippen LogP contribution in [0.2, 0.25) is 0 Å². The molecule has 0 radical (unpaired) electrons. The first-order valence-electron chi connectivity index (χ1n) is 12.2. The largest absolute Gasteiger partial charge is 0.493 e. The van der Waals surface area contributed by atoms with Gasteiger partial charge in [-0.05, 0) is 56.0 Å². The zero-order valence-electron chi connectivity index (χ0n) is 20.5. The molecular formula is C26H29N7O3. The second kappa shape index (κ2) is 10.6. The fourth-order valence-electron chi connectivity index (χ4n) is 4.49. The second-order valence-corrected chi connectivity index (χ2v) is 8.58. The fraction of sp³-hybridized carbons (Fsp3) is 0.346. The van der Waals surface area contributed by atoms with Gasteiger partial charge in [0.05, 0.1) is 18.8 Å². The van der Waals surface area contributed by atoms with Crippen molar-refractivity contribution in [3.8, 4) is 11.5 Å². The summed E-state index contributed by atoms with van der Waals surface area (Å²) in [6.07, 6.45) is 4.91. The van der Waals surface area contributed by atoms with Crippen molar-refractivity contribution < 1.29 is 14.3 Å². The van der Waals surface area contributed by atoms with E-state index in [4.69, 9.17) is 9.47 Å². The number of anilines is 1. The predicted octanol–water partition coefficient (Wildman–Crippen LogP) is 3.85. The number of hydrazone groups is 1. The number of likely N-dealkylation sites (tertiary alicyclic amines) is 1. The molecule has 1 fully saturated rings. The molecule has 2 aromatic heterocycles. The minimum Gasteiger partial charge on any atom is -0.493 e. The van der Waals surface area contributed by atoms with Gasteiger partial charge >= 0.3 is 0 Å². The molecule has 0 aliphatic carbocycles. The summed E-state index contributed by atoms with van der Waals surface area (Å²) in [4.78, 5) is 18.9. The number of para-hydroxylation sites is 1. The van der Waals surface area contributed by atoms with E-state index in [-0.39, 0.29) is 12.5 Å². The Balaban J connectivity index is 1.26. The molecule has 4 aromatic rings. The highest BCUT2D eigenvalue weighted by molar-refractivity contribution is 6.04. The minimum absolute atomic E-state index is 0.000664. The standard InChI is InChI=1S/C26H29N7O3/c1-3-33-20-10-6-5-9-19(20)24-25(33)28-26(31-29-24)30-27-16-18-11-12-21(22(15-18)35-2)36-17-23(34)32-13-7-4-8-14-32/h5-6,9-12,15-16H,3-4,7-8,13-14,17H2,1-2H3,(H,28,30,31)/b27-16+. The maximum absolute atomic E-state index is 12.4. The predicted molar refractivity (Wildman–Crippen MR) is 139 cm³/mol. The molecule has 0 spiro atoms. The molecular weight excluding hydrogens is 458 g/mol. The van der Waals surface area contributed by atoms with Crippen molar-refractivity contribution in [2.45, 2.75) is 32.7 Å². The molecule has 36 heavy (non-hydrogen) atoms. The van der Waals surface area contributed by atoms with Crippen molar-refractivity contribution in [2.24, 2.45) is 5.10 Å². The fourth-order valence-corrected chi connectivity index (χ4v) is 4.49. The Morgan fingerprint density at radius 2 is 1.94 bits per heavy atom. The highest BCUT2D eigenvalue weighted by atomic mass is 16.5. The van der Waals surface area contributed by atoms with E-state index >= 15 is 0 Å². The van der Waals surface area contributed by atoms with Gasteiger partial charge in [-0.2, -0.15) is 10.1 Å². The molecule has 0 bridgehead atoms. The molecule has 10 heteroatoms. The van der Waals surface area contributed by atoms with Crippen LogP contribution in [-0.2, 0) is 11.3 Å². The lowest BCUT2D eigenvalue weighted by molar-refractivity contribution is -0.134. The van der Waals surface area contributed by atoms with E-state index in [1.165, 1.54) is 6.42 Å². The summed E-state index contributed by atoms with van der Waals surface area (Å²) in [6, 6.07) is 13.5. The number of amides is 1. The second-order valence-electron chi connectivity index (χ2n) is 8.58. The number of rotatable bonds is 8. The van der Waals surface area contributed by atoms with Crippen LogP contribution < -0.4 is 14.9 Å². The Morgan fingerprint density at radius 3 is 2.75 bits per heavy atom. The Kier molecular flexibility index (Phi) is 6.92. The van der Waals surface area contributed by atoms with Crippen LogP contribution in [0, 0.1) is 0 Å². The maximum Gasteiger partial charge on any atom is 0.265 e. The summed E-state index contributed by atoms with van der Waals surface area (Å²) in [5, 5.41) is 13.8. The van der Waals surface area contributed by atoms with Crippen LogP contribution in [0.4, 0.5) is 5.95 Å². The molecule has 186 valence electrons. The van der Waals surface area contributed by atoms with Gasteiger partial charge in [0.15, 0.2) is 23.8 Å². The van der Waals surface area contributed by atoms with Crippen molar-refractivity contribution in [1.29, 1.82) is 0 Å². The lowest BCUT2D eigenvalue weighted by Gasteiger charge is -2.26. The smallest absolute Gasteiger partial charge is 0.265 e. The van der Waals surface area contributed by atoms with Crippen LogP contribution in [-0.4, -0.2) is 63.6 Å². The molecule has 10 nitrogen and oxygen atoms in total. The normalized spacial score (nSPS) is 14.0. The molecule has 1 aliphatic rings. The number of carbonyl (C=O) groups is 1. The lowest BCUT2D eigenvalue weighted by Crippen LogP contribution is -2.38. The summed E-state index contributed by atoms with van der Waals surface area (Å²) in [5.74, 6) is 1.34. The SMILES string of the molecule is CCn1c2ccccc2c2nnc(N/N=C/c3ccc(OCC(=O)N4CCCCC4)c(OC)c3)nc21. The van der Waals surface area contributed by atoms with Gasteiger partial charge in [-0.15, -0.1) is 10.2 Å². The zero-order valence-corrected chi connectivity index (χ0v) is 20.5. The Hall–Kier alpha value is -4.21. The van der Waals surface area contributed by atoms with E-state index < -0.39 is 0 Å². The van der Waals surface area contributed by atoms with Crippen molar-refractivity contribution in [3.63, 3.8) is 0 Å². The van der Waals surface area contributed by atoms with Crippen molar-refractivity contribution in [1.82, 2.24) is 24.6 Å². The van der Waals surface area contributed by atoms with E-state index in [1.54, 1.807) is 25.5 Å². The number of fused-ring (bicyclic) bond motifs is 3. The number of hydrogen-bond acceptors (Lipinski definition) is 8. The number of aromatic nitrogens is 4. The number of hydrogen-bond donors (Lipinski definition) is 1.